The fourth-order valence-corrected chi connectivity index (χ4v) is 3.93. The van der Waals surface area contributed by atoms with Crippen molar-refractivity contribution in [1.29, 1.82) is 0 Å². The second-order valence-corrected chi connectivity index (χ2v) is 8.25. The van der Waals surface area contributed by atoms with E-state index in [9.17, 15) is 9.59 Å². The van der Waals surface area contributed by atoms with Gasteiger partial charge < -0.3 is 15.0 Å². The van der Waals surface area contributed by atoms with Crippen molar-refractivity contribution >= 4 is 11.8 Å². The fraction of sp³-hybridized carbons (Fsp3) is 0.417. The molecule has 152 valence electrons. The molecule has 29 heavy (non-hydrogen) atoms. The lowest BCUT2D eigenvalue weighted by atomic mass is 10.1. The van der Waals surface area contributed by atoms with Gasteiger partial charge in [0.25, 0.3) is 11.8 Å². The first kappa shape index (κ1) is 19.5. The van der Waals surface area contributed by atoms with Crippen molar-refractivity contribution in [1.82, 2.24) is 10.2 Å². The Hall–Kier alpha value is -2.82. The van der Waals surface area contributed by atoms with Crippen LogP contribution in [0.2, 0.25) is 0 Å². The van der Waals surface area contributed by atoms with E-state index in [1.54, 1.807) is 12.1 Å². The summed E-state index contributed by atoms with van der Waals surface area (Å²) in [6.45, 7) is 5.26. The predicted molar refractivity (Wildman–Crippen MR) is 112 cm³/mol. The minimum atomic E-state index is -0.0277. The molecule has 1 aliphatic carbocycles. The standard InChI is InChI=1S/C24H28N2O3/c1-16-12-17(2)14-19(13-16)24(28)26-11-3-4-21(26)15-29-22-9-5-18(6-10-22)23(27)25-20-7-8-20/h5-6,9-10,12-14,20-21H,3-4,7-8,11,15H2,1-2H3,(H,25,27)/t21-/m1/s1. The molecule has 4 rings (SSSR count). The maximum absolute atomic E-state index is 13.0. The van der Waals surface area contributed by atoms with Crippen LogP contribution in [0.25, 0.3) is 0 Å². The fourth-order valence-electron chi connectivity index (χ4n) is 3.93. The van der Waals surface area contributed by atoms with E-state index in [0.717, 1.165) is 54.7 Å². The number of nitrogens with one attached hydrogen (secondary N) is 1. The van der Waals surface area contributed by atoms with Gasteiger partial charge in [0.15, 0.2) is 0 Å². The summed E-state index contributed by atoms with van der Waals surface area (Å²) in [6, 6.07) is 13.6. The van der Waals surface area contributed by atoms with E-state index in [2.05, 4.69) is 11.4 Å². The number of carbonyl (C=O) groups is 2. The quantitative estimate of drug-likeness (QED) is 0.812. The number of benzene rings is 2. The summed E-state index contributed by atoms with van der Waals surface area (Å²) < 4.78 is 5.96. The molecule has 1 N–H and O–H groups in total. The zero-order valence-electron chi connectivity index (χ0n) is 17.1. The van der Waals surface area contributed by atoms with E-state index in [1.165, 1.54) is 0 Å². The lowest BCUT2D eigenvalue weighted by Gasteiger charge is -2.25. The molecule has 5 nitrogen and oxygen atoms in total. The minimum Gasteiger partial charge on any atom is -0.491 e. The summed E-state index contributed by atoms with van der Waals surface area (Å²) in [5.74, 6) is 0.772. The Labute approximate surface area is 172 Å². The van der Waals surface area contributed by atoms with Gasteiger partial charge in [-0.05, 0) is 75.9 Å². The predicted octanol–water partition coefficient (Wildman–Crippen LogP) is 3.88. The van der Waals surface area contributed by atoms with Crippen LogP contribution in [-0.4, -0.2) is 41.9 Å². The number of amides is 2. The Kier molecular flexibility index (Phi) is 5.56. The SMILES string of the molecule is Cc1cc(C)cc(C(=O)N2CCC[C@@H]2COc2ccc(C(=O)NC3CC3)cc2)c1. The van der Waals surface area contributed by atoms with Crippen molar-refractivity contribution in [3.8, 4) is 5.75 Å². The smallest absolute Gasteiger partial charge is 0.254 e. The molecule has 0 bridgehead atoms. The molecule has 2 fully saturated rings. The maximum Gasteiger partial charge on any atom is 0.254 e. The number of hydrogen-bond acceptors (Lipinski definition) is 3. The summed E-state index contributed by atoms with van der Waals surface area (Å²) in [5.41, 5.74) is 3.61. The van der Waals surface area contributed by atoms with E-state index >= 15 is 0 Å². The molecule has 1 heterocycles. The van der Waals surface area contributed by atoms with Gasteiger partial charge in [0.2, 0.25) is 0 Å². The number of aryl methyl sites for hydroxylation is 2. The van der Waals surface area contributed by atoms with Gasteiger partial charge in [-0.1, -0.05) is 17.2 Å². The molecular formula is C24H28N2O3. The number of nitrogens with zero attached hydrogens (tertiary/aromatic N) is 1. The third-order valence-electron chi connectivity index (χ3n) is 5.58. The van der Waals surface area contributed by atoms with Crippen LogP contribution in [0, 0.1) is 13.8 Å². The van der Waals surface area contributed by atoms with Crippen molar-refractivity contribution in [3.05, 3.63) is 64.7 Å². The molecule has 2 aromatic rings. The second-order valence-electron chi connectivity index (χ2n) is 8.25. The first-order chi connectivity index (χ1) is 14.0. The average Bonchev–Trinajstić information content (AvgIpc) is 3.39. The van der Waals surface area contributed by atoms with Crippen LogP contribution in [-0.2, 0) is 0 Å². The van der Waals surface area contributed by atoms with Crippen LogP contribution < -0.4 is 10.1 Å². The lowest BCUT2D eigenvalue weighted by molar-refractivity contribution is 0.0691. The molecule has 2 aromatic carbocycles. The Bertz CT molecular complexity index is 883. The van der Waals surface area contributed by atoms with Crippen molar-refractivity contribution in [2.75, 3.05) is 13.2 Å². The molecular weight excluding hydrogens is 364 g/mol. The van der Waals surface area contributed by atoms with Crippen molar-refractivity contribution in [3.63, 3.8) is 0 Å². The normalized spacial score (nSPS) is 18.6. The van der Waals surface area contributed by atoms with Crippen molar-refractivity contribution < 1.29 is 14.3 Å². The van der Waals surface area contributed by atoms with Gasteiger partial charge in [-0.2, -0.15) is 0 Å². The van der Waals surface area contributed by atoms with Crippen LogP contribution in [0.5, 0.6) is 5.75 Å². The Morgan fingerprint density at radius 3 is 2.34 bits per heavy atom. The minimum absolute atomic E-state index is 0.0277. The number of rotatable bonds is 6. The van der Waals surface area contributed by atoms with Crippen LogP contribution in [0.4, 0.5) is 0 Å². The van der Waals surface area contributed by atoms with Crippen LogP contribution in [0.15, 0.2) is 42.5 Å². The molecule has 2 aliphatic rings. The molecule has 5 heteroatoms. The van der Waals surface area contributed by atoms with Gasteiger partial charge in [-0.15, -0.1) is 0 Å². The Morgan fingerprint density at radius 1 is 1.00 bits per heavy atom. The van der Waals surface area contributed by atoms with E-state index in [4.69, 9.17) is 4.74 Å². The van der Waals surface area contributed by atoms with E-state index in [0.29, 0.717) is 18.2 Å². The Balaban J connectivity index is 1.36. The number of carbonyl (C=O) groups excluding carboxylic acids is 2. The summed E-state index contributed by atoms with van der Waals surface area (Å²) >= 11 is 0. The van der Waals surface area contributed by atoms with Gasteiger partial charge in [-0.25, -0.2) is 0 Å². The number of ether oxygens (including phenoxy) is 1. The largest absolute Gasteiger partial charge is 0.491 e. The lowest BCUT2D eigenvalue weighted by Crippen LogP contribution is -2.39. The summed E-state index contributed by atoms with van der Waals surface area (Å²) in [4.78, 5) is 27.0. The molecule has 0 aromatic heterocycles. The highest BCUT2D eigenvalue weighted by Gasteiger charge is 2.30. The van der Waals surface area contributed by atoms with Crippen LogP contribution >= 0.6 is 0 Å². The summed E-state index contributed by atoms with van der Waals surface area (Å²) in [7, 11) is 0. The molecule has 1 aliphatic heterocycles. The molecule has 0 radical (unpaired) electrons. The molecule has 1 saturated heterocycles. The zero-order valence-corrected chi connectivity index (χ0v) is 17.1. The van der Waals surface area contributed by atoms with Gasteiger partial charge in [0.05, 0.1) is 6.04 Å². The average molecular weight is 392 g/mol. The maximum atomic E-state index is 13.0. The topological polar surface area (TPSA) is 58.6 Å². The molecule has 0 unspecified atom stereocenters. The van der Waals surface area contributed by atoms with Gasteiger partial charge >= 0.3 is 0 Å². The van der Waals surface area contributed by atoms with E-state index in [-0.39, 0.29) is 17.9 Å². The van der Waals surface area contributed by atoms with Gasteiger partial charge in [-0.3, -0.25) is 9.59 Å². The number of hydrogen-bond donors (Lipinski definition) is 1. The van der Waals surface area contributed by atoms with Crippen LogP contribution in [0.1, 0.15) is 57.5 Å². The third kappa shape index (κ3) is 4.78. The first-order valence-corrected chi connectivity index (χ1v) is 10.4. The van der Waals surface area contributed by atoms with Crippen molar-refractivity contribution in [2.24, 2.45) is 0 Å². The molecule has 1 saturated carbocycles. The van der Waals surface area contributed by atoms with Crippen molar-refractivity contribution in [2.45, 2.75) is 51.6 Å². The summed E-state index contributed by atoms with van der Waals surface area (Å²) in [6.07, 6.45) is 4.08. The van der Waals surface area contributed by atoms with Crippen LogP contribution in [0.3, 0.4) is 0 Å². The van der Waals surface area contributed by atoms with E-state index < -0.39 is 0 Å². The highest BCUT2D eigenvalue weighted by atomic mass is 16.5. The van der Waals surface area contributed by atoms with Gasteiger partial charge in [0, 0.05) is 23.7 Å². The Morgan fingerprint density at radius 2 is 1.69 bits per heavy atom. The highest BCUT2D eigenvalue weighted by molar-refractivity contribution is 5.95. The summed E-state index contributed by atoms with van der Waals surface area (Å²) in [5, 5.41) is 2.98. The monoisotopic (exact) mass is 392 g/mol. The second kappa shape index (κ2) is 8.27. The third-order valence-corrected chi connectivity index (χ3v) is 5.58. The first-order valence-electron chi connectivity index (χ1n) is 10.4. The zero-order chi connectivity index (χ0) is 20.4. The number of likely N-dealkylation sites (tertiary alicyclic amines) is 1. The van der Waals surface area contributed by atoms with E-state index in [1.807, 2.05) is 43.0 Å². The van der Waals surface area contributed by atoms with Gasteiger partial charge in [0.1, 0.15) is 12.4 Å². The molecule has 2 amide bonds. The molecule has 1 atom stereocenters. The molecule has 0 spiro atoms. The highest BCUT2D eigenvalue weighted by Crippen LogP contribution is 2.23.